The molecule has 0 radical (unpaired) electrons. The van der Waals surface area contributed by atoms with E-state index in [1.54, 1.807) is 23.1 Å². The Morgan fingerprint density at radius 2 is 2.27 bits per heavy atom. The maximum absolute atomic E-state index is 12.6. The molecule has 1 aliphatic rings. The Morgan fingerprint density at radius 3 is 2.86 bits per heavy atom. The van der Waals surface area contributed by atoms with E-state index < -0.39 is 4.92 Å². The molecule has 1 fully saturated rings. The minimum atomic E-state index is -0.431. The van der Waals surface area contributed by atoms with Crippen molar-refractivity contribution in [1.82, 2.24) is 4.90 Å². The van der Waals surface area contributed by atoms with Gasteiger partial charge < -0.3 is 10.6 Å². The monoisotopic (exact) mass is 303 g/mol. The van der Waals surface area contributed by atoms with Crippen LogP contribution in [0.5, 0.6) is 0 Å². The molecule has 0 bridgehead atoms. The number of non-ortho nitro benzene ring substituents is 1. The van der Waals surface area contributed by atoms with Crippen molar-refractivity contribution >= 4 is 11.6 Å². The molecule has 118 valence electrons. The van der Waals surface area contributed by atoms with Crippen LogP contribution >= 0.6 is 0 Å². The first-order valence-corrected chi connectivity index (χ1v) is 7.40. The van der Waals surface area contributed by atoms with Crippen molar-refractivity contribution in [3.8, 4) is 0 Å². The van der Waals surface area contributed by atoms with Crippen LogP contribution in [-0.4, -0.2) is 28.3 Å². The highest BCUT2D eigenvalue weighted by molar-refractivity contribution is 5.79. The van der Waals surface area contributed by atoms with Crippen molar-refractivity contribution in [2.45, 2.75) is 31.8 Å². The normalized spacial score (nSPS) is 20.6. The highest BCUT2D eigenvalue weighted by Gasteiger charge is 2.30. The van der Waals surface area contributed by atoms with Gasteiger partial charge in [-0.2, -0.15) is 0 Å². The van der Waals surface area contributed by atoms with E-state index in [1.807, 2.05) is 0 Å². The van der Waals surface area contributed by atoms with Gasteiger partial charge in [-0.25, -0.2) is 0 Å². The maximum atomic E-state index is 12.6. The molecule has 22 heavy (non-hydrogen) atoms. The van der Waals surface area contributed by atoms with Gasteiger partial charge in [-0.15, -0.1) is 6.58 Å². The Kier molecular flexibility index (Phi) is 5.27. The van der Waals surface area contributed by atoms with Crippen molar-refractivity contribution in [3.63, 3.8) is 0 Å². The van der Waals surface area contributed by atoms with E-state index in [0.717, 1.165) is 18.4 Å². The third kappa shape index (κ3) is 3.92. The van der Waals surface area contributed by atoms with Gasteiger partial charge in [-0.1, -0.05) is 18.2 Å². The number of carbonyl (C=O) groups excluding carboxylic acids is 1. The second kappa shape index (κ2) is 7.17. The van der Waals surface area contributed by atoms with Crippen LogP contribution in [0.4, 0.5) is 5.69 Å². The first kappa shape index (κ1) is 16.2. The third-order valence-corrected chi connectivity index (χ3v) is 3.98. The van der Waals surface area contributed by atoms with E-state index in [9.17, 15) is 14.9 Å². The molecule has 0 aliphatic heterocycles. The minimum absolute atomic E-state index is 0.0337. The molecule has 0 spiro atoms. The quantitative estimate of drug-likeness (QED) is 0.496. The summed E-state index contributed by atoms with van der Waals surface area (Å²) in [5, 5.41) is 10.8. The molecule has 0 unspecified atom stereocenters. The number of nitro groups is 1. The van der Waals surface area contributed by atoms with Gasteiger partial charge in [0.05, 0.1) is 4.92 Å². The number of hydrogen-bond donors (Lipinski definition) is 1. The highest BCUT2D eigenvalue weighted by Crippen LogP contribution is 2.27. The summed E-state index contributed by atoms with van der Waals surface area (Å²) in [5.74, 6) is 0.00741. The zero-order chi connectivity index (χ0) is 16.1. The number of amides is 1. The molecule has 1 aromatic rings. The number of nitrogens with two attached hydrogens (primary N) is 1. The van der Waals surface area contributed by atoms with E-state index in [1.165, 1.54) is 12.1 Å². The van der Waals surface area contributed by atoms with Crippen molar-refractivity contribution in [2.24, 2.45) is 11.7 Å². The van der Waals surface area contributed by atoms with Crippen LogP contribution in [0.25, 0.3) is 0 Å². The van der Waals surface area contributed by atoms with E-state index in [2.05, 4.69) is 6.58 Å². The maximum Gasteiger partial charge on any atom is 0.269 e. The van der Waals surface area contributed by atoms with Gasteiger partial charge in [-0.05, 0) is 24.8 Å². The Bertz CT molecular complexity index is 574. The van der Waals surface area contributed by atoms with Crippen molar-refractivity contribution in [3.05, 3.63) is 52.6 Å². The number of hydrogen-bond acceptors (Lipinski definition) is 4. The van der Waals surface area contributed by atoms with Gasteiger partial charge in [0.15, 0.2) is 0 Å². The lowest BCUT2D eigenvalue weighted by Crippen LogP contribution is -2.35. The van der Waals surface area contributed by atoms with Crippen LogP contribution < -0.4 is 5.73 Å². The van der Waals surface area contributed by atoms with E-state index >= 15 is 0 Å². The summed E-state index contributed by atoms with van der Waals surface area (Å²) >= 11 is 0. The van der Waals surface area contributed by atoms with Crippen LogP contribution in [0.1, 0.15) is 24.8 Å². The zero-order valence-electron chi connectivity index (χ0n) is 12.5. The predicted octanol–water partition coefficient (Wildman–Crippen LogP) is 2.24. The van der Waals surface area contributed by atoms with Gasteiger partial charge in [0, 0.05) is 37.2 Å². The van der Waals surface area contributed by atoms with E-state index in [0.29, 0.717) is 19.5 Å². The number of nitrogens with zero attached hydrogens (tertiary/aromatic N) is 2. The average molecular weight is 303 g/mol. The standard InChI is InChI=1S/C16H21N3O3/c1-2-8-18(16(20)13-6-7-14(17)10-13)11-12-4-3-5-15(9-12)19(21)22/h2-5,9,13-14H,1,6-8,10-11,17H2/t13-,14+/m1/s1. The van der Waals surface area contributed by atoms with Gasteiger partial charge >= 0.3 is 0 Å². The Balaban J connectivity index is 2.11. The van der Waals surface area contributed by atoms with Crippen LogP contribution in [0, 0.1) is 16.0 Å². The average Bonchev–Trinajstić information content (AvgIpc) is 2.93. The topological polar surface area (TPSA) is 89.5 Å². The lowest BCUT2D eigenvalue weighted by molar-refractivity contribution is -0.384. The molecule has 0 aromatic heterocycles. The van der Waals surface area contributed by atoms with Crippen molar-refractivity contribution in [2.75, 3.05) is 6.54 Å². The van der Waals surface area contributed by atoms with Crippen LogP contribution in [-0.2, 0) is 11.3 Å². The fraction of sp³-hybridized carbons (Fsp3) is 0.438. The summed E-state index contributed by atoms with van der Waals surface area (Å²) < 4.78 is 0. The summed E-state index contributed by atoms with van der Waals surface area (Å²) in [6, 6.07) is 6.46. The summed E-state index contributed by atoms with van der Waals surface area (Å²) in [7, 11) is 0. The van der Waals surface area contributed by atoms with Crippen LogP contribution in [0.3, 0.4) is 0 Å². The van der Waals surface area contributed by atoms with Gasteiger partial charge in [0.25, 0.3) is 5.69 Å². The third-order valence-electron chi connectivity index (χ3n) is 3.98. The smallest absolute Gasteiger partial charge is 0.269 e. The van der Waals surface area contributed by atoms with Gasteiger partial charge in [-0.3, -0.25) is 14.9 Å². The lowest BCUT2D eigenvalue weighted by atomic mass is 10.1. The molecule has 0 heterocycles. The zero-order valence-corrected chi connectivity index (χ0v) is 12.5. The highest BCUT2D eigenvalue weighted by atomic mass is 16.6. The molecule has 0 saturated heterocycles. The second-order valence-electron chi connectivity index (χ2n) is 5.70. The van der Waals surface area contributed by atoms with Crippen molar-refractivity contribution in [1.29, 1.82) is 0 Å². The molecule has 6 heteroatoms. The number of nitro benzene ring substituents is 1. The van der Waals surface area contributed by atoms with E-state index in [-0.39, 0.29) is 23.6 Å². The predicted molar refractivity (Wildman–Crippen MR) is 84.0 cm³/mol. The van der Waals surface area contributed by atoms with Crippen LogP contribution in [0.2, 0.25) is 0 Å². The SMILES string of the molecule is C=CCN(Cc1cccc([N+](=O)[O-])c1)C(=O)[C@@H]1CC[C@H](N)C1. The fourth-order valence-corrected chi connectivity index (χ4v) is 2.88. The molecular weight excluding hydrogens is 282 g/mol. The first-order valence-electron chi connectivity index (χ1n) is 7.40. The molecule has 2 rings (SSSR count). The first-order chi connectivity index (χ1) is 10.5. The Morgan fingerprint density at radius 1 is 1.50 bits per heavy atom. The molecular formula is C16H21N3O3. The van der Waals surface area contributed by atoms with Gasteiger partial charge in [0.2, 0.25) is 5.91 Å². The molecule has 6 nitrogen and oxygen atoms in total. The number of benzene rings is 1. The van der Waals surface area contributed by atoms with E-state index in [4.69, 9.17) is 5.73 Å². The molecule has 1 aliphatic carbocycles. The molecule has 2 atom stereocenters. The minimum Gasteiger partial charge on any atom is -0.334 e. The summed E-state index contributed by atoms with van der Waals surface area (Å²) in [6.07, 6.45) is 4.06. The molecule has 1 saturated carbocycles. The second-order valence-corrected chi connectivity index (χ2v) is 5.70. The van der Waals surface area contributed by atoms with Crippen molar-refractivity contribution < 1.29 is 9.72 Å². The van der Waals surface area contributed by atoms with Gasteiger partial charge in [0.1, 0.15) is 0 Å². The number of rotatable bonds is 6. The Hall–Kier alpha value is -2.21. The summed E-state index contributed by atoms with van der Waals surface area (Å²) in [4.78, 5) is 24.7. The lowest BCUT2D eigenvalue weighted by Gasteiger charge is -2.24. The molecule has 2 N–H and O–H groups in total. The summed E-state index contributed by atoms with van der Waals surface area (Å²) in [5.41, 5.74) is 6.65. The Labute approximate surface area is 129 Å². The number of carbonyl (C=O) groups is 1. The largest absolute Gasteiger partial charge is 0.334 e. The molecule has 1 amide bonds. The fourth-order valence-electron chi connectivity index (χ4n) is 2.88. The molecule has 1 aromatic carbocycles. The van der Waals surface area contributed by atoms with Crippen LogP contribution in [0.15, 0.2) is 36.9 Å². The summed E-state index contributed by atoms with van der Waals surface area (Å²) in [6.45, 7) is 4.45.